The van der Waals surface area contributed by atoms with Gasteiger partial charge in [0.2, 0.25) is 0 Å². The zero-order valence-corrected chi connectivity index (χ0v) is 11.2. The number of aliphatic carboxylic acids is 1. The van der Waals surface area contributed by atoms with Crippen molar-refractivity contribution in [2.24, 2.45) is 0 Å². The smallest absolute Gasteiger partial charge is 0.335 e. The summed E-state index contributed by atoms with van der Waals surface area (Å²) in [4.78, 5) is 26.5. The standard InChI is InChI=1S/C12H15N3O7/c16-6-7(17)9(12(20)21)22-11(8(6)18)15-14-10(19)5-1-3-13-4-2-5/h1-4,6-9,11,15-18H,(H,14,19)(H,20,21). The monoisotopic (exact) mass is 313 g/mol. The van der Waals surface area contributed by atoms with Crippen LogP contribution in [-0.2, 0) is 9.53 Å². The fraction of sp³-hybridized carbons (Fsp3) is 0.417. The summed E-state index contributed by atoms with van der Waals surface area (Å²) in [6.45, 7) is 0. The molecule has 10 nitrogen and oxygen atoms in total. The van der Waals surface area contributed by atoms with E-state index in [1.807, 2.05) is 0 Å². The number of nitrogens with zero attached hydrogens (tertiary/aromatic N) is 1. The Morgan fingerprint density at radius 2 is 1.73 bits per heavy atom. The molecule has 1 fully saturated rings. The number of carboxylic acid groups (broad SMARTS) is 1. The first-order chi connectivity index (χ1) is 10.4. The van der Waals surface area contributed by atoms with Crippen molar-refractivity contribution in [1.82, 2.24) is 15.8 Å². The molecule has 1 saturated heterocycles. The molecule has 1 aromatic rings. The van der Waals surface area contributed by atoms with Crippen LogP contribution in [0.1, 0.15) is 10.4 Å². The number of ether oxygens (including phenoxy) is 1. The van der Waals surface area contributed by atoms with E-state index in [1.165, 1.54) is 24.5 Å². The number of carbonyl (C=O) groups excluding carboxylic acids is 1. The van der Waals surface area contributed by atoms with Crippen LogP contribution in [0.25, 0.3) is 0 Å². The second kappa shape index (κ2) is 6.77. The van der Waals surface area contributed by atoms with Gasteiger partial charge in [-0.1, -0.05) is 0 Å². The van der Waals surface area contributed by atoms with E-state index in [2.05, 4.69) is 15.8 Å². The Morgan fingerprint density at radius 1 is 1.09 bits per heavy atom. The highest BCUT2D eigenvalue weighted by Crippen LogP contribution is 2.19. The summed E-state index contributed by atoms with van der Waals surface area (Å²) in [6.07, 6.45) is -5.52. The van der Waals surface area contributed by atoms with Gasteiger partial charge in [0.05, 0.1) is 0 Å². The SMILES string of the molecule is O=C(NNC1OC(C(=O)O)C(O)C(O)C1O)c1ccncc1. The van der Waals surface area contributed by atoms with Crippen LogP contribution >= 0.6 is 0 Å². The Hall–Kier alpha value is -2.11. The van der Waals surface area contributed by atoms with Crippen LogP contribution in [0.5, 0.6) is 0 Å². The van der Waals surface area contributed by atoms with Crippen LogP contribution in [0, 0.1) is 0 Å². The third-order valence-corrected chi connectivity index (χ3v) is 3.13. The minimum absolute atomic E-state index is 0.267. The van der Waals surface area contributed by atoms with Crippen molar-refractivity contribution in [3.63, 3.8) is 0 Å². The van der Waals surface area contributed by atoms with Crippen LogP contribution < -0.4 is 10.9 Å². The van der Waals surface area contributed by atoms with Crippen LogP contribution in [0.3, 0.4) is 0 Å². The van der Waals surface area contributed by atoms with Gasteiger partial charge in [-0.25, -0.2) is 10.2 Å². The van der Waals surface area contributed by atoms with Gasteiger partial charge < -0.3 is 25.2 Å². The quantitative estimate of drug-likeness (QED) is 0.323. The molecule has 5 atom stereocenters. The second-order valence-corrected chi connectivity index (χ2v) is 4.62. The van der Waals surface area contributed by atoms with Gasteiger partial charge in [0, 0.05) is 18.0 Å². The van der Waals surface area contributed by atoms with Crippen molar-refractivity contribution in [2.45, 2.75) is 30.6 Å². The number of hydrazine groups is 1. The molecule has 1 aromatic heterocycles. The van der Waals surface area contributed by atoms with Gasteiger partial charge in [0.1, 0.15) is 18.3 Å². The highest BCUT2D eigenvalue weighted by molar-refractivity contribution is 5.93. The van der Waals surface area contributed by atoms with Gasteiger partial charge in [-0.3, -0.25) is 15.2 Å². The lowest BCUT2D eigenvalue weighted by Crippen LogP contribution is -2.65. The third kappa shape index (κ3) is 3.37. The predicted octanol–water partition coefficient (Wildman–Crippen LogP) is -2.79. The van der Waals surface area contributed by atoms with E-state index in [1.54, 1.807) is 0 Å². The summed E-state index contributed by atoms with van der Waals surface area (Å²) in [5, 5.41) is 37.8. The van der Waals surface area contributed by atoms with Crippen molar-refractivity contribution >= 4 is 11.9 Å². The van der Waals surface area contributed by atoms with Gasteiger partial charge in [-0.05, 0) is 12.1 Å². The van der Waals surface area contributed by atoms with Crippen molar-refractivity contribution in [3.8, 4) is 0 Å². The fourth-order valence-corrected chi connectivity index (χ4v) is 1.91. The molecule has 1 aliphatic rings. The predicted molar refractivity (Wildman–Crippen MR) is 69.2 cm³/mol. The van der Waals surface area contributed by atoms with Gasteiger partial charge >= 0.3 is 5.97 Å². The molecule has 1 aliphatic heterocycles. The van der Waals surface area contributed by atoms with E-state index >= 15 is 0 Å². The summed E-state index contributed by atoms with van der Waals surface area (Å²) in [7, 11) is 0. The Labute approximate surface area is 124 Å². The highest BCUT2D eigenvalue weighted by Gasteiger charge is 2.46. The molecular weight excluding hydrogens is 298 g/mol. The number of nitrogens with one attached hydrogen (secondary N) is 2. The summed E-state index contributed by atoms with van der Waals surface area (Å²) in [5.41, 5.74) is 4.75. The van der Waals surface area contributed by atoms with Gasteiger partial charge in [-0.2, -0.15) is 0 Å². The number of rotatable bonds is 4. The van der Waals surface area contributed by atoms with Gasteiger partial charge in [-0.15, -0.1) is 0 Å². The molecule has 0 aliphatic carbocycles. The van der Waals surface area contributed by atoms with Crippen LogP contribution in [0.15, 0.2) is 24.5 Å². The number of aliphatic hydroxyl groups is 3. The maximum Gasteiger partial charge on any atom is 0.335 e. The van der Waals surface area contributed by atoms with E-state index in [0.717, 1.165) is 0 Å². The summed E-state index contributed by atoms with van der Waals surface area (Å²) >= 11 is 0. The van der Waals surface area contributed by atoms with E-state index < -0.39 is 42.5 Å². The van der Waals surface area contributed by atoms with E-state index in [9.17, 15) is 24.9 Å². The Balaban J connectivity index is 1.99. The molecule has 5 unspecified atom stereocenters. The first-order valence-electron chi connectivity index (χ1n) is 6.30. The molecule has 0 bridgehead atoms. The number of carboxylic acids is 1. The number of hydrogen-bond acceptors (Lipinski definition) is 8. The Morgan fingerprint density at radius 3 is 2.32 bits per heavy atom. The minimum atomic E-state index is -1.79. The third-order valence-electron chi connectivity index (χ3n) is 3.13. The Kier molecular flexibility index (Phi) is 5.00. The van der Waals surface area contributed by atoms with Crippen LogP contribution in [0.4, 0.5) is 0 Å². The van der Waals surface area contributed by atoms with Crippen molar-refractivity contribution in [1.29, 1.82) is 0 Å². The van der Waals surface area contributed by atoms with Gasteiger partial charge in [0.15, 0.2) is 12.3 Å². The van der Waals surface area contributed by atoms with Gasteiger partial charge in [0.25, 0.3) is 5.91 Å². The molecule has 1 amide bonds. The Bertz CT molecular complexity index is 541. The number of hydrogen-bond donors (Lipinski definition) is 6. The molecule has 10 heteroatoms. The number of aromatic nitrogens is 1. The van der Waals surface area contributed by atoms with Crippen LogP contribution in [0.2, 0.25) is 0 Å². The number of amides is 1. The maximum absolute atomic E-state index is 11.8. The van der Waals surface area contributed by atoms with Crippen LogP contribution in [-0.4, -0.2) is 67.9 Å². The minimum Gasteiger partial charge on any atom is -0.479 e. The normalized spacial score (nSPS) is 31.5. The highest BCUT2D eigenvalue weighted by atomic mass is 16.6. The van der Waals surface area contributed by atoms with E-state index in [-0.39, 0.29) is 5.56 Å². The summed E-state index contributed by atoms with van der Waals surface area (Å²) in [6, 6.07) is 2.88. The average molecular weight is 313 g/mol. The lowest BCUT2D eigenvalue weighted by Gasteiger charge is -2.38. The number of pyridine rings is 1. The molecule has 2 heterocycles. The zero-order valence-electron chi connectivity index (χ0n) is 11.2. The topological polar surface area (TPSA) is 161 Å². The molecule has 0 radical (unpaired) electrons. The lowest BCUT2D eigenvalue weighted by molar-refractivity contribution is -0.235. The van der Waals surface area contributed by atoms with Crippen molar-refractivity contribution in [2.75, 3.05) is 0 Å². The number of aliphatic hydroxyl groups excluding tert-OH is 3. The molecule has 0 spiro atoms. The summed E-state index contributed by atoms with van der Waals surface area (Å²) < 4.78 is 4.93. The molecule has 0 saturated carbocycles. The molecule has 2 rings (SSSR count). The fourth-order valence-electron chi connectivity index (χ4n) is 1.91. The first kappa shape index (κ1) is 16.3. The number of carbonyl (C=O) groups is 2. The largest absolute Gasteiger partial charge is 0.479 e. The molecule has 22 heavy (non-hydrogen) atoms. The van der Waals surface area contributed by atoms with Crippen molar-refractivity contribution in [3.05, 3.63) is 30.1 Å². The molecule has 0 aromatic carbocycles. The second-order valence-electron chi connectivity index (χ2n) is 4.62. The molecule has 120 valence electrons. The maximum atomic E-state index is 11.8. The van der Waals surface area contributed by atoms with E-state index in [0.29, 0.717) is 0 Å². The van der Waals surface area contributed by atoms with E-state index in [4.69, 9.17) is 9.84 Å². The summed E-state index contributed by atoms with van der Waals surface area (Å²) in [5.74, 6) is -2.09. The van der Waals surface area contributed by atoms with Crippen molar-refractivity contribution < 1.29 is 34.8 Å². The average Bonchev–Trinajstić information content (AvgIpc) is 2.52. The lowest BCUT2D eigenvalue weighted by atomic mass is 9.98. The zero-order chi connectivity index (χ0) is 16.3. The first-order valence-corrected chi connectivity index (χ1v) is 6.30. The molecular formula is C12H15N3O7. The molecule has 6 N–H and O–H groups in total.